The Kier molecular flexibility index (Phi) is 8.63. The van der Waals surface area contributed by atoms with Gasteiger partial charge in [0.1, 0.15) is 22.9 Å². The zero-order valence-corrected chi connectivity index (χ0v) is 22.6. The number of Topliss-reactive ketones (excluding diaryl/α,β-unsaturated/α-hetero) is 1. The lowest BCUT2D eigenvalue weighted by atomic mass is 9.85. The van der Waals surface area contributed by atoms with E-state index in [1.165, 1.54) is 24.1 Å². The molecule has 3 amide bonds. The number of anilines is 2. The van der Waals surface area contributed by atoms with Crippen molar-refractivity contribution in [1.29, 1.82) is 0 Å². The Balaban J connectivity index is 1.60. The lowest BCUT2D eigenvalue weighted by molar-refractivity contribution is -0.153. The number of fused-ring (bicyclic) bond motifs is 1. The minimum atomic E-state index is -0.638. The van der Waals surface area contributed by atoms with Crippen LogP contribution in [0.25, 0.3) is 11.0 Å². The molecule has 12 heteroatoms. The molecule has 3 N–H and O–H groups in total. The highest BCUT2D eigenvalue weighted by Gasteiger charge is 2.31. The van der Waals surface area contributed by atoms with Gasteiger partial charge in [0.25, 0.3) is 11.8 Å². The third kappa shape index (κ3) is 6.62. The molecule has 206 valence electrons. The molecule has 11 nitrogen and oxygen atoms in total. The van der Waals surface area contributed by atoms with Gasteiger partial charge in [-0.25, -0.2) is 4.98 Å². The van der Waals surface area contributed by atoms with E-state index in [1.807, 2.05) is 0 Å². The highest BCUT2D eigenvalue weighted by Crippen LogP contribution is 2.35. The number of aromatic nitrogens is 1. The largest absolute Gasteiger partial charge is 0.449 e. The van der Waals surface area contributed by atoms with Crippen LogP contribution in [0.5, 0.6) is 0 Å². The van der Waals surface area contributed by atoms with E-state index < -0.39 is 5.91 Å². The molecule has 4 rings (SSSR count). The van der Waals surface area contributed by atoms with E-state index in [4.69, 9.17) is 16.0 Å². The number of hydroxylamine groups is 2. The first-order chi connectivity index (χ1) is 18.5. The van der Waals surface area contributed by atoms with Crippen molar-refractivity contribution < 1.29 is 28.8 Å². The smallest absolute Gasteiger partial charge is 0.294 e. The average molecular weight is 556 g/mol. The quantitative estimate of drug-likeness (QED) is 0.350. The molecule has 3 aromatic rings. The van der Waals surface area contributed by atoms with Gasteiger partial charge in [-0.05, 0) is 62.9 Å². The third-order valence-electron chi connectivity index (χ3n) is 6.64. The molecule has 1 fully saturated rings. The van der Waals surface area contributed by atoms with Gasteiger partial charge in [0.05, 0.1) is 11.6 Å². The van der Waals surface area contributed by atoms with Crippen LogP contribution < -0.4 is 10.6 Å². The molecule has 0 spiro atoms. The van der Waals surface area contributed by atoms with Gasteiger partial charge in [-0.2, -0.15) is 5.06 Å². The van der Waals surface area contributed by atoms with E-state index in [1.54, 1.807) is 38.4 Å². The second-order valence-corrected chi connectivity index (χ2v) is 10.3. The van der Waals surface area contributed by atoms with Crippen LogP contribution in [-0.2, 0) is 9.59 Å². The molecule has 0 aliphatic heterocycles. The van der Waals surface area contributed by atoms with Crippen molar-refractivity contribution in [1.82, 2.24) is 14.9 Å². The minimum absolute atomic E-state index is 0.0580. The summed E-state index contributed by atoms with van der Waals surface area (Å²) < 4.78 is 5.85. The Morgan fingerprint density at radius 1 is 1.08 bits per heavy atom. The number of rotatable bonds is 8. The maximum absolute atomic E-state index is 13.3. The van der Waals surface area contributed by atoms with Crippen LogP contribution in [0.4, 0.5) is 11.5 Å². The lowest BCUT2D eigenvalue weighted by Gasteiger charge is -2.32. The molecule has 0 atom stereocenters. The van der Waals surface area contributed by atoms with Gasteiger partial charge in [0, 0.05) is 43.2 Å². The maximum atomic E-state index is 13.3. The summed E-state index contributed by atoms with van der Waals surface area (Å²) in [7, 11) is 3.26. The van der Waals surface area contributed by atoms with Crippen molar-refractivity contribution in [3.8, 4) is 0 Å². The van der Waals surface area contributed by atoms with Gasteiger partial charge in [0.2, 0.25) is 11.7 Å². The Morgan fingerprint density at radius 3 is 2.41 bits per heavy atom. The second-order valence-electron chi connectivity index (χ2n) is 9.83. The molecular formula is C27H30ClN5O6. The Bertz CT molecular complexity index is 1400. The van der Waals surface area contributed by atoms with Crippen molar-refractivity contribution in [2.24, 2.45) is 5.92 Å². The van der Waals surface area contributed by atoms with Crippen LogP contribution in [0, 0.1) is 5.92 Å². The average Bonchev–Trinajstić information content (AvgIpc) is 3.26. The predicted octanol–water partition coefficient (Wildman–Crippen LogP) is 4.21. The monoisotopic (exact) mass is 555 g/mol. The van der Waals surface area contributed by atoms with Gasteiger partial charge >= 0.3 is 0 Å². The Hall–Kier alpha value is -3.80. The summed E-state index contributed by atoms with van der Waals surface area (Å²) in [5.74, 6) is -1.61. The van der Waals surface area contributed by atoms with E-state index >= 15 is 0 Å². The van der Waals surface area contributed by atoms with Crippen LogP contribution in [0.2, 0.25) is 5.02 Å². The van der Waals surface area contributed by atoms with Gasteiger partial charge < -0.3 is 25.2 Å². The number of carbonyl (C=O) groups is 4. The van der Waals surface area contributed by atoms with Crippen LogP contribution in [0.1, 0.15) is 53.5 Å². The van der Waals surface area contributed by atoms with Crippen molar-refractivity contribution in [2.75, 3.05) is 31.3 Å². The summed E-state index contributed by atoms with van der Waals surface area (Å²) in [5, 5.41) is 17.5. The molecule has 2 heterocycles. The number of ketones is 1. The number of furan rings is 1. The lowest BCUT2D eigenvalue weighted by Crippen LogP contribution is -2.40. The molecule has 0 bridgehead atoms. The molecule has 0 radical (unpaired) electrons. The number of halogens is 1. The highest BCUT2D eigenvalue weighted by atomic mass is 35.5. The van der Waals surface area contributed by atoms with Crippen LogP contribution >= 0.6 is 11.6 Å². The summed E-state index contributed by atoms with van der Waals surface area (Å²) in [4.78, 5) is 56.0. The number of benzene rings is 1. The first-order valence-electron chi connectivity index (χ1n) is 12.5. The summed E-state index contributed by atoms with van der Waals surface area (Å²) in [6.07, 6.45) is 3.43. The highest BCUT2D eigenvalue weighted by molar-refractivity contribution is 6.30. The number of amides is 3. The number of carbonyl (C=O) groups excluding carboxylic acids is 4. The number of nitrogens with zero attached hydrogens (tertiary/aromatic N) is 3. The molecule has 1 aliphatic rings. The molecule has 39 heavy (non-hydrogen) atoms. The van der Waals surface area contributed by atoms with Crippen molar-refractivity contribution in [3.05, 3.63) is 52.9 Å². The fourth-order valence-corrected chi connectivity index (χ4v) is 4.73. The maximum Gasteiger partial charge on any atom is 0.294 e. The first kappa shape index (κ1) is 28.2. The van der Waals surface area contributed by atoms with E-state index in [-0.39, 0.29) is 53.4 Å². The molecule has 0 unspecified atom stereocenters. The number of hydrogen-bond donors (Lipinski definition) is 3. The van der Waals surface area contributed by atoms with E-state index in [9.17, 15) is 24.4 Å². The first-order valence-corrected chi connectivity index (χ1v) is 12.9. The summed E-state index contributed by atoms with van der Waals surface area (Å²) in [5.41, 5.74) is 0.834. The predicted molar refractivity (Wildman–Crippen MR) is 145 cm³/mol. The van der Waals surface area contributed by atoms with Crippen LogP contribution in [-0.4, -0.2) is 70.3 Å². The number of hydrogen-bond acceptors (Lipinski definition) is 8. The van der Waals surface area contributed by atoms with Crippen LogP contribution in [0.3, 0.4) is 0 Å². The molecular weight excluding hydrogens is 526 g/mol. The number of nitrogens with one attached hydrogen (secondary N) is 2. The fraction of sp³-hybridized carbons (Fsp3) is 0.370. The third-order valence-corrected chi connectivity index (χ3v) is 6.86. The summed E-state index contributed by atoms with van der Waals surface area (Å²) in [6.45, 7) is 1.35. The van der Waals surface area contributed by atoms with Crippen molar-refractivity contribution >= 4 is 57.6 Å². The van der Waals surface area contributed by atoms with Gasteiger partial charge in [-0.1, -0.05) is 11.6 Å². The Morgan fingerprint density at radius 2 is 1.79 bits per heavy atom. The fourth-order valence-electron chi connectivity index (χ4n) is 4.61. The molecule has 1 aromatic carbocycles. The SMILES string of the molecule is CC(=O)CN(O)[C@H]1CC[C@H](C(=O)Nc2c(C(=O)Nc3ccc(Cl)cn3)oc3ccc(C(=O)N(C)C)cc23)CC1. The van der Waals surface area contributed by atoms with E-state index in [2.05, 4.69) is 15.6 Å². The molecule has 2 aromatic heterocycles. The Labute approximate surface area is 230 Å². The van der Waals surface area contributed by atoms with Gasteiger partial charge in [-0.3, -0.25) is 19.2 Å². The molecule has 0 saturated heterocycles. The molecule has 1 aliphatic carbocycles. The second kappa shape index (κ2) is 11.9. The van der Waals surface area contributed by atoms with E-state index in [0.717, 1.165) is 5.06 Å². The van der Waals surface area contributed by atoms with Crippen LogP contribution in [0.15, 0.2) is 40.9 Å². The summed E-state index contributed by atoms with van der Waals surface area (Å²) in [6, 6.07) is 7.64. The van der Waals surface area contributed by atoms with Gasteiger partial charge in [-0.15, -0.1) is 0 Å². The van der Waals surface area contributed by atoms with Gasteiger partial charge in [0.15, 0.2) is 0 Å². The number of pyridine rings is 1. The molecule has 1 saturated carbocycles. The minimum Gasteiger partial charge on any atom is -0.449 e. The summed E-state index contributed by atoms with van der Waals surface area (Å²) >= 11 is 5.88. The standard InChI is InChI=1S/C27H30ClN5O6/c1-15(34)14-33(38)19-8-4-16(5-9-19)25(35)31-23-20-12-17(27(37)32(2)3)6-10-21(20)39-24(23)26(36)30-22-11-7-18(28)13-29-22/h6-7,10-13,16,19,38H,4-5,8-9,14H2,1-3H3,(H,31,35)(H,29,30,36)/t16-,19-. The van der Waals surface area contributed by atoms with Crippen molar-refractivity contribution in [2.45, 2.75) is 38.6 Å². The zero-order chi connectivity index (χ0) is 28.3. The van der Waals surface area contributed by atoms with E-state index in [0.29, 0.717) is 47.2 Å². The normalized spacial score (nSPS) is 17.2. The topological polar surface area (TPSA) is 145 Å². The van der Waals surface area contributed by atoms with Crippen molar-refractivity contribution in [3.63, 3.8) is 0 Å². The zero-order valence-electron chi connectivity index (χ0n) is 21.9.